The normalized spacial score (nSPS) is 12.9. The van der Waals surface area contributed by atoms with E-state index in [0.717, 1.165) is 29.0 Å². The quantitative estimate of drug-likeness (QED) is 0.305. The number of aromatic nitrogens is 1. The molecule has 1 amide bonds. The number of aryl methyl sites for hydroxylation is 1. The van der Waals surface area contributed by atoms with Gasteiger partial charge in [0.2, 0.25) is 0 Å². The fourth-order valence-electron chi connectivity index (χ4n) is 4.20. The Bertz CT molecular complexity index is 1320. The van der Waals surface area contributed by atoms with Gasteiger partial charge in [0.25, 0.3) is 5.91 Å². The first-order valence-electron chi connectivity index (χ1n) is 12.0. The Morgan fingerprint density at radius 2 is 1.72 bits per heavy atom. The molecule has 0 spiro atoms. The van der Waals surface area contributed by atoms with Gasteiger partial charge in [-0.25, -0.2) is 8.78 Å². The average Bonchev–Trinajstić information content (AvgIpc) is 2.87. The lowest BCUT2D eigenvalue weighted by molar-refractivity contribution is 0.0830. The maximum atomic E-state index is 13.8. The molecule has 0 saturated carbocycles. The van der Waals surface area contributed by atoms with Crippen molar-refractivity contribution in [1.29, 1.82) is 0 Å². The van der Waals surface area contributed by atoms with Gasteiger partial charge in [-0.15, -0.1) is 0 Å². The Kier molecular flexibility index (Phi) is 8.36. The van der Waals surface area contributed by atoms with E-state index in [1.165, 1.54) is 17.7 Å². The molecular weight excluding hydrogens is 460 g/mol. The second-order valence-corrected chi connectivity index (χ2v) is 8.84. The Labute approximate surface area is 209 Å². The van der Waals surface area contributed by atoms with Gasteiger partial charge in [-0.2, -0.15) is 0 Å². The summed E-state index contributed by atoms with van der Waals surface area (Å²) in [6.45, 7) is 2.81. The highest BCUT2D eigenvalue weighted by atomic mass is 19.1. The van der Waals surface area contributed by atoms with Gasteiger partial charge in [-0.05, 0) is 65.9 Å². The number of nitrogens with one attached hydrogen (secondary N) is 2. The summed E-state index contributed by atoms with van der Waals surface area (Å²) in [5.41, 5.74) is 3.81. The molecule has 186 valence electrons. The zero-order valence-electron chi connectivity index (χ0n) is 20.0. The van der Waals surface area contributed by atoms with Crippen molar-refractivity contribution in [2.75, 3.05) is 6.54 Å². The number of benzene rings is 3. The molecule has 0 fully saturated rings. The summed E-state index contributed by atoms with van der Waals surface area (Å²) >= 11 is 0. The third-order valence-electron chi connectivity index (χ3n) is 6.11. The molecule has 3 N–H and O–H groups in total. The number of amides is 1. The molecule has 0 aliphatic heterocycles. The van der Waals surface area contributed by atoms with Crippen molar-refractivity contribution in [3.63, 3.8) is 0 Å². The lowest BCUT2D eigenvalue weighted by Crippen LogP contribution is -2.48. The molecule has 0 saturated heterocycles. The summed E-state index contributed by atoms with van der Waals surface area (Å²) in [6, 6.07) is 19.4. The smallest absolute Gasteiger partial charge is 0.251 e. The number of aliphatic hydroxyl groups is 1. The second-order valence-electron chi connectivity index (χ2n) is 8.84. The van der Waals surface area contributed by atoms with Gasteiger partial charge >= 0.3 is 0 Å². The number of hydrogen-bond donors (Lipinski definition) is 3. The first-order valence-corrected chi connectivity index (χ1v) is 12.0. The lowest BCUT2D eigenvalue weighted by Gasteiger charge is -2.25. The minimum absolute atomic E-state index is 0.0592. The van der Waals surface area contributed by atoms with Crippen molar-refractivity contribution >= 4 is 16.8 Å². The molecule has 0 aliphatic rings. The molecular formula is C29H29F2N3O2. The SMILES string of the molecule is CCc1cccc(CNC[C@@H](O)[C@H](Cc2cc(F)cc(F)c2)NC(=O)c2ccc3ncccc3c2)c1. The van der Waals surface area contributed by atoms with E-state index < -0.39 is 29.7 Å². The van der Waals surface area contributed by atoms with Gasteiger partial charge in [0.1, 0.15) is 11.6 Å². The van der Waals surface area contributed by atoms with Crippen molar-refractivity contribution in [2.45, 2.75) is 38.5 Å². The van der Waals surface area contributed by atoms with E-state index in [2.05, 4.69) is 34.7 Å². The zero-order valence-corrected chi connectivity index (χ0v) is 20.0. The van der Waals surface area contributed by atoms with Crippen LogP contribution in [-0.4, -0.2) is 34.7 Å². The van der Waals surface area contributed by atoms with Crippen LogP contribution in [0.25, 0.3) is 10.9 Å². The molecule has 36 heavy (non-hydrogen) atoms. The molecule has 1 heterocycles. The van der Waals surface area contributed by atoms with Gasteiger partial charge in [-0.3, -0.25) is 9.78 Å². The molecule has 5 nitrogen and oxygen atoms in total. The van der Waals surface area contributed by atoms with Crippen LogP contribution in [0.15, 0.2) is 79.0 Å². The van der Waals surface area contributed by atoms with Crippen LogP contribution >= 0.6 is 0 Å². The predicted octanol–water partition coefficient (Wildman–Crippen LogP) is 4.57. The standard InChI is InChI=1S/C29H29F2N3O2/c1-2-19-5-3-6-20(11-19)17-32-18-28(35)27(14-21-12-24(30)16-25(31)13-21)34-29(36)23-8-9-26-22(15-23)7-4-10-33-26/h3-13,15-16,27-28,32,35H,2,14,17-18H2,1H3,(H,34,36)/t27-,28+/m0/s1. The van der Waals surface area contributed by atoms with Gasteiger partial charge in [-0.1, -0.05) is 37.3 Å². The minimum atomic E-state index is -1.00. The van der Waals surface area contributed by atoms with Crippen molar-refractivity contribution in [3.05, 3.63) is 113 Å². The van der Waals surface area contributed by atoms with Crippen LogP contribution in [0.4, 0.5) is 8.78 Å². The zero-order chi connectivity index (χ0) is 25.5. The Morgan fingerprint density at radius 3 is 2.50 bits per heavy atom. The maximum absolute atomic E-state index is 13.8. The van der Waals surface area contributed by atoms with E-state index in [9.17, 15) is 18.7 Å². The molecule has 7 heteroatoms. The number of fused-ring (bicyclic) bond motifs is 1. The van der Waals surface area contributed by atoms with Crippen molar-refractivity contribution in [3.8, 4) is 0 Å². The Morgan fingerprint density at radius 1 is 0.944 bits per heavy atom. The highest BCUT2D eigenvalue weighted by Gasteiger charge is 2.23. The number of carbonyl (C=O) groups is 1. The van der Waals surface area contributed by atoms with E-state index in [1.807, 2.05) is 18.2 Å². The van der Waals surface area contributed by atoms with Crippen LogP contribution in [0.5, 0.6) is 0 Å². The molecule has 3 aromatic carbocycles. The Hall–Kier alpha value is -3.68. The average molecular weight is 490 g/mol. The van der Waals surface area contributed by atoms with Crippen molar-refractivity contribution in [2.24, 2.45) is 0 Å². The summed E-state index contributed by atoms with van der Waals surface area (Å²) in [5, 5.41) is 17.9. The van der Waals surface area contributed by atoms with Crippen LogP contribution in [0.3, 0.4) is 0 Å². The largest absolute Gasteiger partial charge is 0.390 e. The highest BCUT2D eigenvalue weighted by Crippen LogP contribution is 2.16. The van der Waals surface area contributed by atoms with Crippen molar-refractivity contribution < 1.29 is 18.7 Å². The number of halogens is 2. The minimum Gasteiger partial charge on any atom is -0.390 e. The Balaban J connectivity index is 1.48. The molecule has 4 aromatic rings. The summed E-state index contributed by atoms with van der Waals surface area (Å²) in [7, 11) is 0. The monoisotopic (exact) mass is 489 g/mol. The van der Waals surface area contributed by atoms with E-state index in [1.54, 1.807) is 30.5 Å². The summed E-state index contributed by atoms with van der Waals surface area (Å²) < 4.78 is 27.6. The number of rotatable bonds is 10. The van der Waals surface area contributed by atoms with E-state index in [4.69, 9.17) is 0 Å². The van der Waals surface area contributed by atoms with Gasteiger partial charge < -0.3 is 15.7 Å². The third kappa shape index (κ3) is 6.71. The number of nitrogens with zero attached hydrogens (tertiary/aromatic N) is 1. The summed E-state index contributed by atoms with van der Waals surface area (Å²) in [5.74, 6) is -1.81. The topological polar surface area (TPSA) is 74.2 Å². The fourth-order valence-corrected chi connectivity index (χ4v) is 4.20. The van der Waals surface area contributed by atoms with E-state index in [-0.39, 0.29) is 13.0 Å². The lowest BCUT2D eigenvalue weighted by atomic mass is 9.99. The highest BCUT2D eigenvalue weighted by molar-refractivity contribution is 5.98. The van der Waals surface area contributed by atoms with Crippen molar-refractivity contribution in [1.82, 2.24) is 15.6 Å². The molecule has 0 unspecified atom stereocenters. The fraction of sp³-hybridized carbons (Fsp3) is 0.241. The van der Waals surface area contributed by atoms with E-state index >= 15 is 0 Å². The molecule has 4 rings (SSSR count). The van der Waals surface area contributed by atoms with Crippen LogP contribution in [0.1, 0.15) is 34.0 Å². The number of aliphatic hydroxyl groups excluding tert-OH is 1. The first-order chi connectivity index (χ1) is 17.4. The van der Waals surface area contributed by atoms with Gasteiger partial charge in [0.15, 0.2) is 0 Å². The molecule has 2 atom stereocenters. The molecule has 0 bridgehead atoms. The van der Waals surface area contributed by atoms with Crippen LogP contribution in [-0.2, 0) is 19.4 Å². The summed E-state index contributed by atoms with van der Waals surface area (Å²) in [6.07, 6.45) is 1.67. The molecule has 0 aliphatic carbocycles. The number of carbonyl (C=O) groups excluding carboxylic acids is 1. The second kappa shape index (κ2) is 11.8. The molecule has 1 aromatic heterocycles. The van der Waals surface area contributed by atoms with Gasteiger partial charge in [0, 0.05) is 36.3 Å². The third-order valence-corrected chi connectivity index (χ3v) is 6.11. The van der Waals surface area contributed by atoms with Crippen LogP contribution in [0, 0.1) is 11.6 Å². The van der Waals surface area contributed by atoms with Gasteiger partial charge in [0.05, 0.1) is 17.7 Å². The van der Waals surface area contributed by atoms with Crippen LogP contribution < -0.4 is 10.6 Å². The first kappa shape index (κ1) is 25.4. The van der Waals surface area contributed by atoms with Crippen LogP contribution in [0.2, 0.25) is 0 Å². The number of pyridine rings is 1. The predicted molar refractivity (Wildman–Crippen MR) is 137 cm³/mol. The summed E-state index contributed by atoms with van der Waals surface area (Å²) in [4.78, 5) is 17.3. The van der Waals surface area contributed by atoms with E-state index in [0.29, 0.717) is 17.7 Å². The number of hydrogen-bond acceptors (Lipinski definition) is 4. The molecule has 0 radical (unpaired) electrons. The maximum Gasteiger partial charge on any atom is 0.251 e.